The van der Waals surface area contributed by atoms with E-state index in [1.54, 1.807) is 34.9 Å². The Bertz CT molecular complexity index is 941. The lowest BCUT2D eigenvalue weighted by molar-refractivity contribution is -0.139. The van der Waals surface area contributed by atoms with E-state index in [2.05, 4.69) is 36.5 Å². The molecule has 1 N–H and O–H groups in total. The first-order valence-corrected chi connectivity index (χ1v) is 14.0. The number of hydrogen-bond donors (Lipinski definition) is 1. The number of hydrogen-bond acceptors (Lipinski definition) is 3. The van der Waals surface area contributed by atoms with Gasteiger partial charge in [-0.05, 0) is 43.9 Å². The normalized spacial score (nSPS) is 15.1. The summed E-state index contributed by atoms with van der Waals surface area (Å²) in [6.45, 7) is 4.21. The van der Waals surface area contributed by atoms with Crippen molar-refractivity contribution in [3.8, 4) is 0 Å². The van der Waals surface area contributed by atoms with E-state index < -0.39 is 6.04 Å². The van der Waals surface area contributed by atoms with Crippen molar-refractivity contribution in [3.63, 3.8) is 0 Å². The number of amides is 2. The third-order valence-electron chi connectivity index (χ3n) is 6.34. The van der Waals surface area contributed by atoms with Crippen molar-refractivity contribution in [2.24, 2.45) is 0 Å². The second kappa shape index (κ2) is 13.4. The molecule has 0 aliphatic heterocycles. The molecular formula is C27H34Cl2N2O2S. The van der Waals surface area contributed by atoms with Gasteiger partial charge in [0.2, 0.25) is 11.8 Å². The first-order valence-electron chi connectivity index (χ1n) is 12.0. The van der Waals surface area contributed by atoms with Crippen molar-refractivity contribution in [2.75, 3.05) is 5.75 Å². The number of carbonyl (C=O) groups excluding carboxylic acids is 2. The minimum Gasteiger partial charge on any atom is -0.352 e. The van der Waals surface area contributed by atoms with Crippen LogP contribution in [-0.4, -0.2) is 34.6 Å². The number of rotatable bonds is 10. The average molecular weight is 522 g/mol. The first-order chi connectivity index (χ1) is 16.4. The Balaban J connectivity index is 1.74. The molecule has 0 radical (unpaired) electrons. The Morgan fingerprint density at radius 1 is 1.06 bits per heavy atom. The average Bonchev–Trinajstić information content (AvgIpc) is 2.82. The number of carbonyl (C=O) groups is 2. The molecule has 1 saturated carbocycles. The quantitative estimate of drug-likeness (QED) is 0.375. The van der Waals surface area contributed by atoms with Gasteiger partial charge in [-0.2, -0.15) is 0 Å². The van der Waals surface area contributed by atoms with Gasteiger partial charge in [0, 0.05) is 33.9 Å². The summed E-state index contributed by atoms with van der Waals surface area (Å²) in [6.07, 6.45) is 6.01. The van der Waals surface area contributed by atoms with Crippen LogP contribution < -0.4 is 5.32 Å². The van der Waals surface area contributed by atoms with E-state index in [0.29, 0.717) is 22.0 Å². The summed E-state index contributed by atoms with van der Waals surface area (Å²) in [4.78, 5) is 28.4. The van der Waals surface area contributed by atoms with Crippen LogP contribution >= 0.6 is 35.0 Å². The van der Waals surface area contributed by atoms with Gasteiger partial charge in [-0.1, -0.05) is 85.3 Å². The monoisotopic (exact) mass is 520 g/mol. The molecular weight excluding hydrogens is 487 g/mol. The lowest BCUT2D eigenvalue weighted by atomic mass is 9.95. The van der Waals surface area contributed by atoms with Gasteiger partial charge in [-0.15, -0.1) is 11.8 Å². The highest BCUT2D eigenvalue weighted by atomic mass is 35.5. The fourth-order valence-corrected chi connectivity index (χ4v) is 5.73. The molecule has 7 heteroatoms. The molecule has 2 aromatic rings. The van der Waals surface area contributed by atoms with Crippen LogP contribution in [0.2, 0.25) is 10.0 Å². The number of halogens is 2. The molecule has 2 aromatic carbocycles. The zero-order chi connectivity index (χ0) is 24.5. The van der Waals surface area contributed by atoms with Crippen LogP contribution in [0, 0.1) is 6.92 Å². The van der Waals surface area contributed by atoms with E-state index in [-0.39, 0.29) is 30.2 Å². The molecule has 3 rings (SSSR count). The second-order valence-electron chi connectivity index (χ2n) is 8.97. The largest absolute Gasteiger partial charge is 0.352 e. The molecule has 1 atom stereocenters. The highest BCUT2D eigenvalue weighted by Crippen LogP contribution is 2.28. The minimum absolute atomic E-state index is 0.0845. The highest BCUT2D eigenvalue weighted by Gasteiger charge is 2.31. The molecule has 184 valence electrons. The zero-order valence-electron chi connectivity index (χ0n) is 20.0. The number of nitrogens with zero attached hydrogens (tertiary/aromatic N) is 1. The summed E-state index contributed by atoms with van der Waals surface area (Å²) < 4.78 is 0. The standard InChI is InChI=1S/C27H34Cl2N2O2S/c1-3-25(27(33)30-21-8-5-4-6-9-21)31(16-22-23(28)10-7-11-24(22)29)26(32)18-34-17-20-14-12-19(2)13-15-20/h7,10-15,21,25H,3-6,8-9,16-18H2,1-2H3,(H,30,33)/t25-/m0/s1. The van der Waals surface area contributed by atoms with Crippen molar-refractivity contribution >= 4 is 46.8 Å². The number of aryl methyl sites for hydroxylation is 1. The molecule has 0 aromatic heterocycles. The predicted octanol–water partition coefficient (Wildman–Crippen LogP) is 6.79. The molecule has 2 amide bonds. The summed E-state index contributed by atoms with van der Waals surface area (Å²) in [5, 5.41) is 4.20. The number of benzene rings is 2. The molecule has 0 unspecified atom stereocenters. The van der Waals surface area contributed by atoms with Gasteiger partial charge in [-0.3, -0.25) is 9.59 Å². The van der Waals surface area contributed by atoms with Crippen LogP contribution in [0.5, 0.6) is 0 Å². The van der Waals surface area contributed by atoms with Crippen LogP contribution in [0.15, 0.2) is 42.5 Å². The maximum absolute atomic E-state index is 13.5. The van der Waals surface area contributed by atoms with E-state index in [4.69, 9.17) is 23.2 Å². The van der Waals surface area contributed by atoms with Gasteiger partial charge in [-0.25, -0.2) is 0 Å². The van der Waals surface area contributed by atoms with Gasteiger partial charge in [0.25, 0.3) is 0 Å². The lowest BCUT2D eigenvalue weighted by Gasteiger charge is -2.33. The molecule has 34 heavy (non-hydrogen) atoms. The van der Waals surface area contributed by atoms with E-state index in [1.165, 1.54) is 17.5 Å². The van der Waals surface area contributed by atoms with Crippen LogP contribution in [0.4, 0.5) is 0 Å². The van der Waals surface area contributed by atoms with Crippen molar-refractivity contribution in [1.29, 1.82) is 0 Å². The van der Waals surface area contributed by atoms with E-state index in [9.17, 15) is 9.59 Å². The molecule has 1 fully saturated rings. The maximum atomic E-state index is 13.5. The van der Waals surface area contributed by atoms with Crippen molar-refractivity contribution in [2.45, 2.75) is 76.8 Å². The molecule has 1 aliphatic carbocycles. The third kappa shape index (κ3) is 7.66. The summed E-state index contributed by atoms with van der Waals surface area (Å²) in [7, 11) is 0. The smallest absolute Gasteiger partial charge is 0.243 e. The number of thioether (sulfide) groups is 1. The van der Waals surface area contributed by atoms with Gasteiger partial charge in [0.1, 0.15) is 6.04 Å². The fourth-order valence-electron chi connectivity index (χ4n) is 4.34. The topological polar surface area (TPSA) is 49.4 Å². The Morgan fingerprint density at radius 3 is 2.32 bits per heavy atom. The Kier molecular flexibility index (Phi) is 10.6. The molecule has 1 aliphatic rings. The molecule has 0 saturated heterocycles. The Hall–Kier alpha value is -1.69. The lowest BCUT2D eigenvalue weighted by Crippen LogP contribution is -2.52. The van der Waals surface area contributed by atoms with Gasteiger partial charge < -0.3 is 10.2 Å². The maximum Gasteiger partial charge on any atom is 0.243 e. The number of nitrogens with one attached hydrogen (secondary N) is 1. The summed E-state index contributed by atoms with van der Waals surface area (Å²) in [5.41, 5.74) is 3.06. The molecule has 4 nitrogen and oxygen atoms in total. The summed E-state index contributed by atoms with van der Waals surface area (Å²) in [5.74, 6) is 0.842. The van der Waals surface area contributed by atoms with Crippen LogP contribution in [0.25, 0.3) is 0 Å². The minimum atomic E-state index is -0.568. The van der Waals surface area contributed by atoms with Gasteiger partial charge in [0.15, 0.2) is 0 Å². The van der Waals surface area contributed by atoms with Gasteiger partial charge >= 0.3 is 0 Å². The zero-order valence-corrected chi connectivity index (χ0v) is 22.3. The van der Waals surface area contributed by atoms with E-state index in [1.807, 2.05) is 6.92 Å². The third-order valence-corrected chi connectivity index (χ3v) is 8.04. The predicted molar refractivity (Wildman–Crippen MR) is 143 cm³/mol. The Labute approximate surface area is 217 Å². The SMILES string of the molecule is CC[C@@H](C(=O)NC1CCCCC1)N(Cc1c(Cl)cccc1Cl)C(=O)CSCc1ccc(C)cc1. The summed E-state index contributed by atoms with van der Waals surface area (Å²) in [6, 6.07) is 13.2. The Morgan fingerprint density at radius 2 is 1.71 bits per heavy atom. The molecule has 0 bridgehead atoms. The van der Waals surface area contributed by atoms with Crippen LogP contribution in [0.3, 0.4) is 0 Å². The van der Waals surface area contributed by atoms with E-state index in [0.717, 1.165) is 31.4 Å². The van der Waals surface area contributed by atoms with Crippen molar-refractivity contribution in [1.82, 2.24) is 10.2 Å². The van der Waals surface area contributed by atoms with Crippen LogP contribution in [0.1, 0.15) is 62.1 Å². The summed E-state index contributed by atoms with van der Waals surface area (Å²) >= 11 is 14.4. The second-order valence-corrected chi connectivity index (χ2v) is 10.8. The van der Waals surface area contributed by atoms with Crippen molar-refractivity contribution in [3.05, 3.63) is 69.2 Å². The van der Waals surface area contributed by atoms with Crippen LogP contribution in [-0.2, 0) is 21.9 Å². The first kappa shape index (κ1) is 26.9. The van der Waals surface area contributed by atoms with E-state index >= 15 is 0 Å². The van der Waals surface area contributed by atoms with Gasteiger partial charge in [0.05, 0.1) is 5.75 Å². The molecule has 0 spiro atoms. The fraction of sp³-hybridized carbons (Fsp3) is 0.481. The molecule has 0 heterocycles. The van der Waals surface area contributed by atoms with Crippen molar-refractivity contribution < 1.29 is 9.59 Å². The highest BCUT2D eigenvalue weighted by molar-refractivity contribution is 7.99.